The first-order chi connectivity index (χ1) is 16.3. The van der Waals surface area contributed by atoms with Crippen LogP contribution in [0.5, 0.6) is 0 Å². The molecular weight excluding hydrogens is 457 g/mol. The van der Waals surface area contributed by atoms with Gasteiger partial charge in [0.25, 0.3) is 5.89 Å². The van der Waals surface area contributed by atoms with Gasteiger partial charge in [-0.3, -0.25) is 9.69 Å². The maximum Gasteiger partial charge on any atom is 0.317 e. The Morgan fingerprint density at radius 3 is 2.47 bits per heavy atom. The average molecular weight is 478 g/mol. The van der Waals surface area contributed by atoms with Crippen molar-refractivity contribution in [3.8, 4) is 34.0 Å². The summed E-state index contributed by atoms with van der Waals surface area (Å²) in [6.45, 7) is 3.87. The van der Waals surface area contributed by atoms with Gasteiger partial charge in [-0.2, -0.15) is 4.98 Å². The SMILES string of the molecule is C=C(F)c1ccccc1-c1ccc(-c2nc(-c3ccc(CN(C)CC(=O)O)cc3)no2)cc1Cl. The monoisotopic (exact) mass is 477 g/mol. The lowest BCUT2D eigenvalue weighted by atomic mass is 9.98. The zero-order valence-corrected chi connectivity index (χ0v) is 19.1. The van der Waals surface area contributed by atoms with Gasteiger partial charge < -0.3 is 9.63 Å². The van der Waals surface area contributed by atoms with E-state index < -0.39 is 11.8 Å². The number of hydrogen-bond donors (Lipinski definition) is 1. The number of nitrogens with zero attached hydrogens (tertiary/aromatic N) is 3. The summed E-state index contributed by atoms with van der Waals surface area (Å²) in [5.41, 5.74) is 4.06. The minimum Gasteiger partial charge on any atom is -0.480 e. The van der Waals surface area contributed by atoms with Gasteiger partial charge in [0.2, 0.25) is 5.82 Å². The topological polar surface area (TPSA) is 79.5 Å². The molecule has 0 saturated carbocycles. The van der Waals surface area contributed by atoms with Gasteiger partial charge in [-0.1, -0.05) is 77.9 Å². The van der Waals surface area contributed by atoms with Gasteiger partial charge in [0.05, 0.1) is 6.54 Å². The van der Waals surface area contributed by atoms with Gasteiger partial charge in [0.1, 0.15) is 5.83 Å². The molecule has 8 heteroatoms. The van der Waals surface area contributed by atoms with Crippen molar-refractivity contribution in [2.24, 2.45) is 0 Å². The van der Waals surface area contributed by atoms with Crippen molar-refractivity contribution in [1.82, 2.24) is 15.0 Å². The number of hydrogen-bond acceptors (Lipinski definition) is 5. The number of likely N-dealkylation sites (N-methyl/N-ethyl adjacent to an activating group) is 1. The Kier molecular flexibility index (Phi) is 6.86. The third-order valence-corrected chi connectivity index (χ3v) is 5.53. The third-order valence-electron chi connectivity index (χ3n) is 5.22. The van der Waals surface area contributed by atoms with E-state index in [0.717, 1.165) is 11.1 Å². The molecule has 1 N–H and O–H groups in total. The minimum absolute atomic E-state index is 0.0363. The highest BCUT2D eigenvalue weighted by molar-refractivity contribution is 6.33. The number of halogens is 2. The van der Waals surface area contributed by atoms with Gasteiger partial charge in [-0.05, 0) is 30.3 Å². The number of aliphatic carboxylic acids is 1. The van der Waals surface area contributed by atoms with Crippen LogP contribution in [0.3, 0.4) is 0 Å². The lowest BCUT2D eigenvalue weighted by molar-refractivity contribution is -0.138. The molecule has 0 radical (unpaired) electrons. The Balaban J connectivity index is 1.54. The summed E-state index contributed by atoms with van der Waals surface area (Å²) in [5, 5.41) is 13.4. The van der Waals surface area contributed by atoms with E-state index in [4.69, 9.17) is 21.2 Å². The maximum atomic E-state index is 13.9. The van der Waals surface area contributed by atoms with Crippen LogP contribution in [0.1, 0.15) is 11.1 Å². The lowest BCUT2D eigenvalue weighted by Gasteiger charge is -2.13. The highest BCUT2D eigenvalue weighted by atomic mass is 35.5. The molecule has 0 unspecified atom stereocenters. The molecule has 4 aromatic rings. The smallest absolute Gasteiger partial charge is 0.317 e. The molecule has 0 fully saturated rings. The van der Waals surface area contributed by atoms with E-state index in [1.54, 1.807) is 48.3 Å². The minimum atomic E-state index is -0.872. The van der Waals surface area contributed by atoms with E-state index in [1.807, 2.05) is 30.3 Å². The summed E-state index contributed by atoms with van der Waals surface area (Å²) in [7, 11) is 1.75. The Bertz CT molecular complexity index is 1350. The third kappa shape index (κ3) is 5.22. The Morgan fingerprint density at radius 1 is 1.09 bits per heavy atom. The zero-order valence-electron chi connectivity index (χ0n) is 18.3. The number of aromatic nitrogens is 2. The van der Waals surface area contributed by atoms with Crippen molar-refractivity contribution in [2.75, 3.05) is 13.6 Å². The van der Waals surface area contributed by atoms with Crippen molar-refractivity contribution >= 4 is 23.4 Å². The summed E-state index contributed by atoms with van der Waals surface area (Å²) in [6, 6.07) is 19.8. The number of carbonyl (C=O) groups is 1. The number of benzene rings is 3. The van der Waals surface area contributed by atoms with Crippen LogP contribution in [0.4, 0.5) is 4.39 Å². The fraction of sp³-hybridized carbons (Fsp3) is 0.115. The van der Waals surface area contributed by atoms with Crippen molar-refractivity contribution in [1.29, 1.82) is 0 Å². The molecule has 0 spiro atoms. The molecule has 3 aromatic carbocycles. The molecular formula is C26H21ClFN3O3. The van der Waals surface area contributed by atoms with E-state index in [9.17, 15) is 9.18 Å². The van der Waals surface area contributed by atoms with E-state index in [2.05, 4.69) is 16.7 Å². The highest BCUT2D eigenvalue weighted by Gasteiger charge is 2.15. The number of carboxylic acid groups (broad SMARTS) is 1. The molecule has 0 aliphatic rings. The summed E-state index contributed by atoms with van der Waals surface area (Å²) in [6.07, 6.45) is 0. The van der Waals surface area contributed by atoms with Crippen LogP contribution in [-0.2, 0) is 11.3 Å². The van der Waals surface area contributed by atoms with E-state index >= 15 is 0 Å². The molecule has 34 heavy (non-hydrogen) atoms. The van der Waals surface area contributed by atoms with Crippen LogP contribution in [0.15, 0.2) is 77.8 Å². The molecule has 1 aromatic heterocycles. The molecule has 0 bridgehead atoms. The van der Waals surface area contributed by atoms with Crippen molar-refractivity contribution < 1.29 is 18.8 Å². The summed E-state index contributed by atoms with van der Waals surface area (Å²) in [5.74, 6) is -0.683. The molecule has 0 amide bonds. The van der Waals surface area contributed by atoms with Crippen molar-refractivity contribution in [3.63, 3.8) is 0 Å². The predicted octanol–water partition coefficient (Wildman–Crippen LogP) is 6.18. The second-order valence-electron chi connectivity index (χ2n) is 7.83. The predicted molar refractivity (Wildman–Crippen MR) is 130 cm³/mol. The maximum absolute atomic E-state index is 13.9. The molecule has 0 saturated heterocycles. The van der Waals surface area contributed by atoms with Gasteiger partial charge >= 0.3 is 5.97 Å². The van der Waals surface area contributed by atoms with Crippen LogP contribution in [-0.4, -0.2) is 39.7 Å². The second-order valence-corrected chi connectivity index (χ2v) is 8.24. The first-order valence-electron chi connectivity index (χ1n) is 10.4. The highest BCUT2D eigenvalue weighted by Crippen LogP contribution is 2.36. The van der Waals surface area contributed by atoms with Gasteiger partial charge in [0, 0.05) is 33.8 Å². The Labute approximate surface area is 200 Å². The van der Waals surface area contributed by atoms with Gasteiger partial charge in [-0.15, -0.1) is 0 Å². The standard InChI is InChI=1S/C26H21ClFN3O3/c1-16(28)20-5-3-4-6-21(20)22-12-11-19(13-23(22)27)26-29-25(30-34-26)18-9-7-17(8-10-18)14-31(2)15-24(32)33/h3-13H,1,14-15H2,2H3,(H,32,33). The molecule has 6 nitrogen and oxygen atoms in total. The molecule has 172 valence electrons. The van der Waals surface area contributed by atoms with Crippen LogP contribution in [0, 0.1) is 0 Å². The van der Waals surface area contributed by atoms with Crippen LogP contribution in [0.2, 0.25) is 5.02 Å². The van der Waals surface area contributed by atoms with Crippen LogP contribution < -0.4 is 0 Å². The Morgan fingerprint density at radius 2 is 1.79 bits per heavy atom. The number of rotatable bonds is 8. The first-order valence-corrected chi connectivity index (χ1v) is 10.8. The lowest BCUT2D eigenvalue weighted by Crippen LogP contribution is -2.25. The molecule has 0 aliphatic heterocycles. The largest absolute Gasteiger partial charge is 0.480 e. The van der Waals surface area contributed by atoms with Crippen molar-refractivity contribution in [3.05, 3.63) is 89.5 Å². The summed E-state index contributed by atoms with van der Waals surface area (Å²) in [4.78, 5) is 17.0. The summed E-state index contributed by atoms with van der Waals surface area (Å²) < 4.78 is 19.3. The van der Waals surface area contributed by atoms with E-state index in [1.165, 1.54) is 0 Å². The summed E-state index contributed by atoms with van der Waals surface area (Å²) >= 11 is 6.52. The molecule has 1 heterocycles. The molecule has 0 atom stereocenters. The molecule has 4 rings (SSSR count). The van der Waals surface area contributed by atoms with Crippen LogP contribution >= 0.6 is 11.6 Å². The van der Waals surface area contributed by atoms with Gasteiger partial charge in [0.15, 0.2) is 0 Å². The van der Waals surface area contributed by atoms with E-state index in [0.29, 0.717) is 45.5 Å². The quantitative estimate of drug-likeness (QED) is 0.326. The second kappa shape index (κ2) is 9.99. The normalized spacial score (nSPS) is 11.1. The van der Waals surface area contributed by atoms with Crippen LogP contribution in [0.25, 0.3) is 39.8 Å². The Hall–Kier alpha value is -3.81. The number of carboxylic acids is 1. The molecule has 0 aliphatic carbocycles. The zero-order chi connectivity index (χ0) is 24.2. The fourth-order valence-corrected chi connectivity index (χ4v) is 3.92. The average Bonchev–Trinajstić information content (AvgIpc) is 3.29. The van der Waals surface area contributed by atoms with Crippen molar-refractivity contribution in [2.45, 2.75) is 6.54 Å². The fourth-order valence-electron chi connectivity index (χ4n) is 3.64. The van der Waals surface area contributed by atoms with Gasteiger partial charge in [-0.25, -0.2) is 4.39 Å². The first kappa shape index (κ1) is 23.4. The van der Waals surface area contributed by atoms with E-state index in [-0.39, 0.29) is 6.54 Å².